The summed E-state index contributed by atoms with van der Waals surface area (Å²) in [4.78, 5) is 4.30. The molecule has 0 unspecified atom stereocenters. The first kappa shape index (κ1) is 13.1. The van der Waals surface area contributed by atoms with Gasteiger partial charge in [0.05, 0.1) is 5.71 Å². The molecule has 2 aromatic carbocycles. The van der Waals surface area contributed by atoms with Gasteiger partial charge in [0.2, 0.25) is 0 Å². The Labute approximate surface area is 114 Å². The van der Waals surface area contributed by atoms with Crippen molar-refractivity contribution in [2.75, 3.05) is 12.4 Å². The molecule has 2 heteroatoms. The van der Waals surface area contributed by atoms with E-state index in [1.807, 2.05) is 42.6 Å². The van der Waals surface area contributed by atoms with Gasteiger partial charge >= 0.3 is 0 Å². The highest BCUT2D eigenvalue weighted by molar-refractivity contribution is 6.08. The molecule has 0 aliphatic heterocycles. The second kappa shape index (κ2) is 6.55. The molecule has 0 amide bonds. The standard InChI is InChI=1S/C17H18N2/c1-14-8-6-7-11-16(14)19-13-12-17(18-2)15-9-4-3-5-10-15/h3-13,19H,1-2H3. The van der Waals surface area contributed by atoms with Crippen LogP contribution in [0.25, 0.3) is 0 Å². The number of para-hydroxylation sites is 1. The van der Waals surface area contributed by atoms with Crippen molar-refractivity contribution in [3.8, 4) is 0 Å². The SMILES string of the molecule is CN=C(C=CNc1ccccc1C)c1ccccc1. The van der Waals surface area contributed by atoms with E-state index in [9.17, 15) is 0 Å². The summed E-state index contributed by atoms with van der Waals surface area (Å²) in [5.41, 5.74) is 4.42. The van der Waals surface area contributed by atoms with Gasteiger partial charge in [0.1, 0.15) is 0 Å². The smallest absolute Gasteiger partial charge is 0.0657 e. The molecule has 2 aromatic rings. The van der Waals surface area contributed by atoms with E-state index >= 15 is 0 Å². The number of aliphatic imine (C=N–C) groups is 1. The lowest BCUT2D eigenvalue weighted by Gasteiger charge is -2.05. The minimum Gasteiger partial charge on any atom is -0.361 e. The molecule has 0 spiro atoms. The minimum atomic E-state index is 0.960. The molecular weight excluding hydrogens is 232 g/mol. The highest BCUT2D eigenvalue weighted by Crippen LogP contribution is 2.13. The largest absolute Gasteiger partial charge is 0.361 e. The van der Waals surface area contributed by atoms with Crippen molar-refractivity contribution >= 4 is 11.4 Å². The third-order valence-electron chi connectivity index (χ3n) is 2.94. The van der Waals surface area contributed by atoms with Crippen LogP contribution in [0.5, 0.6) is 0 Å². The van der Waals surface area contributed by atoms with E-state index in [1.54, 1.807) is 7.05 Å². The maximum absolute atomic E-state index is 4.30. The molecule has 2 nitrogen and oxygen atoms in total. The summed E-state index contributed by atoms with van der Waals surface area (Å²) in [6.07, 6.45) is 3.92. The van der Waals surface area contributed by atoms with Crippen LogP contribution in [0.1, 0.15) is 11.1 Å². The quantitative estimate of drug-likeness (QED) is 0.814. The number of hydrogen-bond donors (Lipinski definition) is 1. The number of allylic oxidation sites excluding steroid dienone is 1. The summed E-state index contributed by atoms with van der Waals surface area (Å²) in [7, 11) is 1.81. The number of nitrogens with zero attached hydrogens (tertiary/aromatic N) is 1. The summed E-state index contributed by atoms with van der Waals surface area (Å²) < 4.78 is 0. The first-order valence-corrected chi connectivity index (χ1v) is 6.32. The molecule has 19 heavy (non-hydrogen) atoms. The lowest BCUT2D eigenvalue weighted by Crippen LogP contribution is -1.98. The first-order valence-electron chi connectivity index (χ1n) is 6.32. The molecule has 0 aromatic heterocycles. The fourth-order valence-corrected chi connectivity index (χ4v) is 1.85. The Kier molecular flexibility index (Phi) is 4.51. The van der Waals surface area contributed by atoms with Gasteiger partial charge in [-0.2, -0.15) is 0 Å². The van der Waals surface area contributed by atoms with Gasteiger partial charge in [0.25, 0.3) is 0 Å². The number of aryl methyl sites for hydroxylation is 1. The van der Waals surface area contributed by atoms with Crippen LogP contribution in [0.3, 0.4) is 0 Å². The third-order valence-corrected chi connectivity index (χ3v) is 2.94. The zero-order valence-corrected chi connectivity index (χ0v) is 11.3. The van der Waals surface area contributed by atoms with Crippen LogP contribution >= 0.6 is 0 Å². The maximum atomic E-state index is 4.30. The summed E-state index contributed by atoms with van der Waals surface area (Å²) in [5.74, 6) is 0. The van der Waals surface area contributed by atoms with E-state index in [4.69, 9.17) is 0 Å². The van der Waals surface area contributed by atoms with Crippen molar-refractivity contribution in [2.45, 2.75) is 6.92 Å². The van der Waals surface area contributed by atoms with Gasteiger partial charge < -0.3 is 5.32 Å². The predicted molar refractivity (Wildman–Crippen MR) is 82.8 cm³/mol. The number of rotatable bonds is 4. The average molecular weight is 250 g/mol. The first-order chi connectivity index (χ1) is 9.31. The van der Waals surface area contributed by atoms with Crippen molar-refractivity contribution < 1.29 is 0 Å². The Morgan fingerprint density at radius 3 is 2.37 bits per heavy atom. The average Bonchev–Trinajstić information content (AvgIpc) is 2.46. The fraction of sp³-hybridized carbons (Fsp3) is 0.118. The Morgan fingerprint density at radius 1 is 1.00 bits per heavy atom. The van der Waals surface area contributed by atoms with Crippen molar-refractivity contribution in [1.29, 1.82) is 0 Å². The van der Waals surface area contributed by atoms with Crippen molar-refractivity contribution in [3.63, 3.8) is 0 Å². The molecule has 96 valence electrons. The zero-order chi connectivity index (χ0) is 13.5. The third kappa shape index (κ3) is 3.55. The summed E-state index contributed by atoms with van der Waals surface area (Å²) in [5, 5.41) is 3.29. The zero-order valence-electron chi connectivity index (χ0n) is 11.3. The molecule has 0 saturated carbocycles. The Balaban J connectivity index is 2.08. The van der Waals surface area contributed by atoms with Crippen LogP contribution in [0, 0.1) is 6.92 Å². The van der Waals surface area contributed by atoms with E-state index in [0.717, 1.165) is 17.0 Å². The Hall–Kier alpha value is -2.35. The summed E-state index contributed by atoms with van der Waals surface area (Å²) in [6.45, 7) is 2.09. The van der Waals surface area contributed by atoms with Crippen LogP contribution in [0.2, 0.25) is 0 Å². The van der Waals surface area contributed by atoms with Crippen LogP contribution in [-0.4, -0.2) is 12.8 Å². The monoisotopic (exact) mass is 250 g/mol. The molecule has 0 radical (unpaired) electrons. The van der Waals surface area contributed by atoms with Crippen molar-refractivity contribution in [1.82, 2.24) is 0 Å². The highest BCUT2D eigenvalue weighted by Gasteiger charge is 1.97. The second-order valence-corrected chi connectivity index (χ2v) is 4.27. The van der Waals surface area contributed by atoms with E-state index in [-0.39, 0.29) is 0 Å². The van der Waals surface area contributed by atoms with Gasteiger partial charge in [0.15, 0.2) is 0 Å². The van der Waals surface area contributed by atoms with Gasteiger partial charge in [-0.15, -0.1) is 0 Å². The van der Waals surface area contributed by atoms with E-state index in [0.29, 0.717) is 0 Å². The lowest BCUT2D eigenvalue weighted by molar-refractivity contribution is 1.42. The normalized spacial score (nSPS) is 11.8. The molecule has 2 rings (SSSR count). The Bertz CT molecular complexity index is 583. The number of anilines is 1. The van der Waals surface area contributed by atoms with E-state index in [2.05, 4.69) is 41.5 Å². The summed E-state index contributed by atoms with van der Waals surface area (Å²) >= 11 is 0. The molecule has 0 bridgehead atoms. The van der Waals surface area contributed by atoms with Gasteiger partial charge in [-0.1, -0.05) is 48.5 Å². The number of nitrogens with one attached hydrogen (secondary N) is 1. The minimum absolute atomic E-state index is 0.960. The van der Waals surface area contributed by atoms with Gasteiger partial charge in [0, 0.05) is 18.9 Å². The van der Waals surface area contributed by atoms with Crippen LogP contribution < -0.4 is 5.32 Å². The molecule has 0 atom stereocenters. The molecule has 0 heterocycles. The predicted octanol–water partition coefficient (Wildman–Crippen LogP) is 4.04. The lowest BCUT2D eigenvalue weighted by atomic mass is 10.1. The number of hydrogen-bond acceptors (Lipinski definition) is 2. The second-order valence-electron chi connectivity index (χ2n) is 4.27. The van der Waals surface area contributed by atoms with E-state index < -0.39 is 0 Å². The molecule has 0 aliphatic rings. The van der Waals surface area contributed by atoms with Crippen LogP contribution in [0.15, 0.2) is 71.9 Å². The van der Waals surface area contributed by atoms with Crippen molar-refractivity contribution in [3.05, 3.63) is 78.0 Å². The fourth-order valence-electron chi connectivity index (χ4n) is 1.85. The summed E-state index contributed by atoms with van der Waals surface area (Å²) in [6, 6.07) is 18.4. The van der Waals surface area contributed by atoms with E-state index in [1.165, 1.54) is 5.56 Å². The van der Waals surface area contributed by atoms with Crippen LogP contribution in [-0.2, 0) is 0 Å². The highest BCUT2D eigenvalue weighted by atomic mass is 14.8. The molecule has 0 saturated heterocycles. The van der Waals surface area contributed by atoms with Gasteiger partial charge in [-0.25, -0.2) is 0 Å². The van der Waals surface area contributed by atoms with Gasteiger partial charge in [-0.3, -0.25) is 4.99 Å². The van der Waals surface area contributed by atoms with Crippen molar-refractivity contribution in [2.24, 2.45) is 4.99 Å². The molecular formula is C17H18N2. The molecule has 1 N–H and O–H groups in total. The number of benzene rings is 2. The Morgan fingerprint density at radius 2 is 1.68 bits per heavy atom. The maximum Gasteiger partial charge on any atom is 0.0657 e. The molecule has 0 aliphatic carbocycles. The molecule has 0 fully saturated rings. The van der Waals surface area contributed by atoms with Gasteiger partial charge in [-0.05, 0) is 30.2 Å². The van der Waals surface area contributed by atoms with Crippen LogP contribution in [0.4, 0.5) is 5.69 Å². The topological polar surface area (TPSA) is 24.4 Å².